The van der Waals surface area contributed by atoms with Crippen LogP contribution in [0.2, 0.25) is 0 Å². The Hall–Kier alpha value is -6.84. The molecule has 0 spiro atoms. The van der Waals surface area contributed by atoms with Crippen LogP contribution in [0.5, 0.6) is 0 Å². The van der Waals surface area contributed by atoms with Gasteiger partial charge in [-0.05, 0) is 56.3 Å². The number of benzene rings is 8. The Bertz CT molecular complexity index is 2880. The summed E-state index contributed by atoms with van der Waals surface area (Å²) in [5.41, 5.74) is 9.00. The molecule has 0 fully saturated rings. The third-order valence-corrected chi connectivity index (χ3v) is 9.88. The number of hydrogen-bond donors (Lipinski definition) is 0. The standard InChI is InChI=1S/C48H30N2O/c1-3-16-32(17-4-1)45-38-24-12-13-25-39(38)47(46-35-21-9-7-15-31(35)27-28-40(45)46)42-30-41(49-48(50-42)33-18-5-2-6-19-33)36-22-10-11-23-37(36)44-29-34-20-8-14-26-43(34)51-44/h1-30H. The van der Waals surface area contributed by atoms with Gasteiger partial charge in [0.15, 0.2) is 5.82 Å². The highest BCUT2D eigenvalue weighted by Gasteiger charge is 2.22. The highest BCUT2D eigenvalue weighted by Crippen LogP contribution is 2.47. The third-order valence-electron chi connectivity index (χ3n) is 9.88. The summed E-state index contributed by atoms with van der Waals surface area (Å²) in [6.07, 6.45) is 0. The van der Waals surface area contributed by atoms with Gasteiger partial charge in [-0.1, -0.05) is 164 Å². The number of rotatable bonds is 5. The fraction of sp³-hybridized carbons (Fsp3) is 0. The average molecular weight is 651 g/mol. The molecule has 10 rings (SSSR count). The minimum Gasteiger partial charge on any atom is -0.456 e. The second kappa shape index (κ2) is 11.9. The smallest absolute Gasteiger partial charge is 0.160 e. The predicted molar refractivity (Wildman–Crippen MR) is 212 cm³/mol. The van der Waals surface area contributed by atoms with Gasteiger partial charge in [0.1, 0.15) is 11.3 Å². The first-order valence-electron chi connectivity index (χ1n) is 17.2. The van der Waals surface area contributed by atoms with Crippen molar-refractivity contribution in [2.45, 2.75) is 0 Å². The highest BCUT2D eigenvalue weighted by molar-refractivity contribution is 6.27. The van der Waals surface area contributed by atoms with Crippen molar-refractivity contribution in [3.63, 3.8) is 0 Å². The Kier molecular flexibility index (Phi) is 6.81. The van der Waals surface area contributed by atoms with Crippen molar-refractivity contribution in [2.24, 2.45) is 0 Å². The van der Waals surface area contributed by atoms with Crippen molar-refractivity contribution in [1.82, 2.24) is 9.97 Å². The molecule has 2 aromatic heterocycles. The average Bonchev–Trinajstić information content (AvgIpc) is 3.65. The van der Waals surface area contributed by atoms with Crippen molar-refractivity contribution in [2.75, 3.05) is 0 Å². The lowest BCUT2D eigenvalue weighted by Crippen LogP contribution is -1.99. The normalized spacial score (nSPS) is 11.5. The first-order valence-corrected chi connectivity index (χ1v) is 17.2. The van der Waals surface area contributed by atoms with Crippen LogP contribution in [0.25, 0.3) is 99.6 Å². The molecule has 2 heterocycles. The van der Waals surface area contributed by atoms with Crippen molar-refractivity contribution >= 4 is 43.3 Å². The summed E-state index contributed by atoms with van der Waals surface area (Å²) in [7, 11) is 0. The van der Waals surface area contributed by atoms with Crippen LogP contribution in [-0.4, -0.2) is 9.97 Å². The molecule has 238 valence electrons. The molecule has 51 heavy (non-hydrogen) atoms. The van der Waals surface area contributed by atoms with Crippen molar-refractivity contribution in [3.8, 4) is 56.4 Å². The fourth-order valence-corrected chi connectivity index (χ4v) is 7.60. The molecule has 0 aliphatic rings. The van der Waals surface area contributed by atoms with Crippen LogP contribution in [0.1, 0.15) is 0 Å². The number of fused-ring (bicyclic) bond motifs is 5. The molecule has 0 aliphatic heterocycles. The zero-order valence-electron chi connectivity index (χ0n) is 27.6. The van der Waals surface area contributed by atoms with Crippen LogP contribution in [-0.2, 0) is 0 Å². The van der Waals surface area contributed by atoms with Gasteiger partial charge in [0, 0.05) is 33.0 Å². The molecule has 0 aliphatic carbocycles. The van der Waals surface area contributed by atoms with Crippen LogP contribution >= 0.6 is 0 Å². The quantitative estimate of drug-likeness (QED) is 0.137. The van der Waals surface area contributed by atoms with Crippen LogP contribution in [0.3, 0.4) is 0 Å². The van der Waals surface area contributed by atoms with E-state index in [-0.39, 0.29) is 0 Å². The topological polar surface area (TPSA) is 38.9 Å². The fourth-order valence-electron chi connectivity index (χ4n) is 7.60. The van der Waals surface area contributed by atoms with Crippen LogP contribution in [0.15, 0.2) is 186 Å². The number of hydrogen-bond acceptors (Lipinski definition) is 3. The van der Waals surface area contributed by atoms with E-state index < -0.39 is 0 Å². The van der Waals surface area contributed by atoms with E-state index in [9.17, 15) is 0 Å². The lowest BCUT2D eigenvalue weighted by molar-refractivity contribution is 0.632. The summed E-state index contributed by atoms with van der Waals surface area (Å²) in [5.74, 6) is 1.48. The summed E-state index contributed by atoms with van der Waals surface area (Å²) in [4.78, 5) is 10.7. The maximum atomic E-state index is 6.42. The highest BCUT2D eigenvalue weighted by atomic mass is 16.3. The monoisotopic (exact) mass is 650 g/mol. The van der Waals surface area contributed by atoms with E-state index in [1.54, 1.807) is 0 Å². The molecular formula is C48H30N2O. The minimum absolute atomic E-state index is 0.673. The molecule has 10 aromatic rings. The van der Waals surface area contributed by atoms with E-state index in [0.29, 0.717) is 5.82 Å². The number of furan rings is 1. The second-order valence-electron chi connectivity index (χ2n) is 12.9. The van der Waals surface area contributed by atoms with Gasteiger partial charge in [0.2, 0.25) is 0 Å². The summed E-state index contributed by atoms with van der Waals surface area (Å²) < 4.78 is 6.42. The first-order chi connectivity index (χ1) is 25.3. The van der Waals surface area contributed by atoms with Gasteiger partial charge in [-0.15, -0.1) is 0 Å². The summed E-state index contributed by atoms with van der Waals surface area (Å²) in [6, 6.07) is 63.8. The van der Waals surface area contributed by atoms with Crippen molar-refractivity contribution in [3.05, 3.63) is 182 Å². The van der Waals surface area contributed by atoms with E-state index in [2.05, 4.69) is 146 Å². The van der Waals surface area contributed by atoms with Crippen LogP contribution < -0.4 is 0 Å². The Morgan fingerprint density at radius 1 is 0.373 bits per heavy atom. The minimum atomic E-state index is 0.673. The molecule has 8 aromatic carbocycles. The molecule has 0 amide bonds. The molecule has 0 unspecified atom stereocenters. The lowest BCUT2D eigenvalue weighted by atomic mass is 9.85. The number of para-hydroxylation sites is 1. The van der Waals surface area contributed by atoms with Crippen molar-refractivity contribution < 1.29 is 4.42 Å². The van der Waals surface area contributed by atoms with Gasteiger partial charge in [-0.3, -0.25) is 0 Å². The zero-order valence-corrected chi connectivity index (χ0v) is 27.6. The summed E-state index contributed by atoms with van der Waals surface area (Å²) in [6.45, 7) is 0. The van der Waals surface area contributed by atoms with Gasteiger partial charge in [0.05, 0.1) is 11.4 Å². The third kappa shape index (κ3) is 4.90. The van der Waals surface area contributed by atoms with E-state index in [0.717, 1.165) is 55.8 Å². The molecular weight excluding hydrogens is 621 g/mol. The van der Waals surface area contributed by atoms with Crippen molar-refractivity contribution in [1.29, 1.82) is 0 Å². The molecule has 0 bridgehead atoms. The molecule has 0 atom stereocenters. The van der Waals surface area contributed by atoms with Crippen LogP contribution in [0, 0.1) is 0 Å². The number of nitrogens with zero attached hydrogens (tertiary/aromatic N) is 2. The van der Waals surface area contributed by atoms with Crippen LogP contribution in [0.4, 0.5) is 0 Å². The molecule has 0 N–H and O–H groups in total. The Balaban J connectivity index is 1.33. The van der Waals surface area contributed by atoms with E-state index in [1.807, 2.05) is 36.4 Å². The van der Waals surface area contributed by atoms with Gasteiger partial charge in [0.25, 0.3) is 0 Å². The van der Waals surface area contributed by atoms with E-state index >= 15 is 0 Å². The lowest BCUT2D eigenvalue weighted by Gasteiger charge is -2.20. The largest absolute Gasteiger partial charge is 0.456 e. The Labute approximate surface area is 295 Å². The van der Waals surface area contributed by atoms with Gasteiger partial charge in [-0.2, -0.15) is 0 Å². The molecule has 3 nitrogen and oxygen atoms in total. The Morgan fingerprint density at radius 2 is 0.961 bits per heavy atom. The van der Waals surface area contributed by atoms with Gasteiger partial charge in [-0.25, -0.2) is 9.97 Å². The predicted octanol–water partition coefficient (Wildman–Crippen LogP) is 13.0. The van der Waals surface area contributed by atoms with E-state index in [1.165, 1.54) is 38.1 Å². The summed E-state index contributed by atoms with van der Waals surface area (Å²) >= 11 is 0. The van der Waals surface area contributed by atoms with Gasteiger partial charge >= 0.3 is 0 Å². The first kappa shape index (κ1) is 29.1. The number of aromatic nitrogens is 2. The van der Waals surface area contributed by atoms with E-state index in [4.69, 9.17) is 14.4 Å². The second-order valence-corrected chi connectivity index (χ2v) is 12.9. The Morgan fingerprint density at radius 3 is 1.73 bits per heavy atom. The zero-order chi connectivity index (χ0) is 33.7. The SMILES string of the molecule is c1ccc(-c2nc(-c3ccccc3-c3cc4ccccc4o3)cc(-c3c4ccccc4c(-c4ccccc4)c4ccc5ccccc5c34)n2)cc1. The maximum Gasteiger partial charge on any atom is 0.160 e. The summed E-state index contributed by atoms with van der Waals surface area (Å²) in [5, 5.41) is 8.15. The molecule has 0 radical (unpaired) electrons. The molecule has 3 heteroatoms. The molecule has 0 saturated heterocycles. The maximum absolute atomic E-state index is 6.42. The molecule has 0 saturated carbocycles. The van der Waals surface area contributed by atoms with Gasteiger partial charge < -0.3 is 4.42 Å².